The van der Waals surface area contributed by atoms with Gasteiger partial charge in [-0.1, -0.05) is 48.5 Å². The molecule has 4 heteroatoms. The molecule has 0 bridgehead atoms. The average molecular weight is 373 g/mol. The highest BCUT2D eigenvalue weighted by atomic mass is 32.1. The molecule has 0 aliphatic heterocycles. The summed E-state index contributed by atoms with van der Waals surface area (Å²) in [6.45, 7) is 0. The molecule has 0 radical (unpaired) electrons. The van der Waals surface area contributed by atoms with E-state index in [1.54, 1.807) is 22.7 Å². The summed E-state index contributed by atoms with van der Waals surface area (Å²) >= 11 is 3.42. The van der Waals surface area contributed by atoms with Crippen molar-refractivity contribution in [1.29, 1.82) is 0 Å². The first kappa shape index (κ1) is 15.4. The van der Waals surface area contributed by atoms with E-state index in [0.29, 0.717) is 0 Å². The summed E-state index contributed by atoms with van der Waals surface area (Å²) in [4.78, 5) is 2.35. The molecule has 0 saturated carbocycles. The van der Waals surface area contributed by atoms with Gasteiger partial charge in [-0.05, 0) is 33.7 Å². The van der Waals surface area contributed by atoms with Gasteiger partial charge in [0.1, 0.15) is 0 Å². The van der Waals surface area contributed by atoms with Gasteiger partial charge in [0.15, 0.2) is 0 Å². The second-order valence-corrected chi connectivity index (χ2v) is 8.09. The Morgan fingerprint density at radius 3 is 1.46 bits per heavy atom. The summed E-state index contributed by atoms with van der Waals surface area (Å²) in [6, 6.07) is 20.8. The van der Waals surface area contributed by atoms with Gasteiger partial charge in [0.05, 0.1) is 0 Å². The zero-order chi connectivity index (χ0) is 17.7. The second-order valence-electron chi connectivity index (χ2n) is 6.33. The van der Waals surface area contributed by atoms with Gasteiger partial charge in [0.2, 0.25) is 0 Å². The fourth-order valence-electron chi connectivity index (χ4n) is 3.43. The van der Waals surface area contributed by atoms with Crippen LogP contribution in [0.4, 0.5) is 11.4 Å². The first-order chi connectivity index (χ1) is 12.7. The largest absolute Gasteiger partial charge is 0.398 e. The van der Waals surface area contributed by atoms with E-state index in [1.807, 2.05) is 12.1 Å². The number of nitrogen functional groups attached to an aromatic ring is 2. The van der Waals surface area contributed by atoms with Crippen molar-refractivity contribution >= 4 is 55.6 Å². The summed E-state index contributed by atoms with van der Waals surface area (Å²) < 4.78 is 0. The molecule has 126 valence electrons. The SMILES string of the molecule is Nc1cc(-c2scc3ccccc23)c(N)cc1-c1scc2ccccc12. The van der Waals surface area contributed by atoms with Crippen molar-refractivity contribution in [3.05, 3.63) is 71.4 Å². The standard InChI is InChI=1S/C22H16N2S2/c23-19-10-18(22-16-8-4-2-6-14(16)12-26-22)20(24)9-17(19)21-15-7-3-1-5-13(15)11-25-21/h1-12H,23-24H2. The minimum absolute atomic E-state index is 0.763. The van der Waals surface area contributed by atoms with Crippen LogP contribution in [0.3, 0.4) is 0 Å². The third-order valence-electron chi connectivity index (χ3n) is 4.73. The van der Waals surface area contributed by atoms with Crippen molar-refractivity contribution in [2.75, 3.05) is 11.5 Å². The Morgan fingerprint density at radius 1 is 0.577 bits per heavy atom. The van der Waals surface area contributed by atoms with E-state index in [2.05, 4.69) is 59.3 Å². The Labute approximate surface area is 159 Å². The van der Waals surface area contributed by atoms with E-state index in [0.717, 1.165) is 22.5 Å². The average Bonchev–Trinajstić information content (AvgIpc) is 3.27. The number of thiophene rings is 2. The lowest BCUT2D eigenvalue weighted by Crippen LogP contribution is -1.95. The van der Waals surface area contributed by atoms with Crippen molar-refractivity contribution in [2.45, 2.75) is 0 Å². The van der Waals surface area contributed by atoms with E-state index in [9.17, 15) is 0 Å². The fourth-order valence-corrected chi connectivity index (χ4v) is 5.56. The van der Waals surface area contributed by atoms with Crippen LogP contribution in [0.25, 0.3) is 42.4 Å². The molecule has 2 heterocycles. The van der Waals surface area contributed by atoms with Gasteiger partial charge in [-0.15, -0.1) is 22.7 Å². The zero-order valence-corrected chi connectivity index (χ0v) is 15.5. The Hall–Kier alpha value is -2.82. The Balaban J connectivity index is 1.71. The van der Waals surface area contributed by atoms with Crippen LogP contribution in [-0.4, -0.2) is 0 Å². The Morgan fingerprint density at radius 2 is 1.00 bits per heavy atom. The fraction of sp³-hybridized carbons (Fsp3) is 0. The Bertz CT molecular complexity index is 1160. The summed E-state index contributed by atoms with van der Waals surface area (Å²) in [6.07, 6.45) is 0. The van der Waals surface area contributed by atoms with E-state index < -0.39 is 0 Å². The Kier molecular flexibility index (Phi) is 3.48. The molecule has 0 unspecified atom stereocenters. The van der Waals surface area contributed by atoms with Crippen LogP contribution >= 0.6 is 22.7 Å². The molecule has 0 aliphatic rings. The predicted molar refractivity (Wildman–Crippen MR) is 117 cm³/mol. The molecule has 0 saturated heterocycles. The molecule has 2 aromatic heterocycles. The predicted octanol–water partition coefficient (Wildman–Crippen LogP) is 6.61. The molecule has 2 nitrogen and oxygen atoms in total. The third kappa shape index (κ3) is 2.30. The van der Waals surface area contributed by atoms with E-state index in [4.69, 9.17) is 11.5 Å². The van der Waals surface area contributed by atoms with E-state index in [-0.39, 0.29) is 0 Å². The molecule has 3 aromatic carbocycles. The third-order valence-corrected chi connectivity index (χ3v) is 6.82. The van der Waals surface area contributed by atoms with Gasteiger partial charge in [0, 0.05) is 43.0 Å². The molecule has 5 aromatic rings. The highest BCUT2D eigenvalue weighted by molar-refractivity contribution is 7.16. The maximum atomic E-state index is 6.48. The van der Waals surface area contributed by atoms with Gasteiger partial charge < -0.3 is 11.5 Å². The number of hydrogen-bond donors (Lipinski definition) is 2. The molecule has 0 spiro atoms. The van der Waals surface area contributed by atoms with Crippen molar-refractivity contribution in [3.8, 4) is 20.9 Å². The highest BCUT2D eigenvalue weighted by Crippen LogP contribution is 2.44. The minimum atomic E-state index is 0.763. The lowest BCUT2D eigenvalue weighted by Gasteiger charge is -2.11. The van der Waals surface area contributed by atoms with E-state index in [1.165, 1.54) is 31.3 Å². The maximum absolute atomic E-state index is 6.48. The lowest BCUT2D eigenvalue weighted by atomic mass is 10.0. The number of nitrogens with two attached hydrogens (primary N) is 2. The van der Waals surface area contributed by atoms with Crippen LogP contribution in [0.2, 0.25) is 0 Å². The van der Waals surface area contributed by atoms with E-state index >= 15 is 0 Å². The second kappa shape index (κ2) is 5.87. The van der Waals surface area contributed by atoms with Crippen LogP contribution < -0.4 is 11.5 Å². The molecule has 0 fully saturated rings. The first-order valence-electron chi connectivity index (χ1n) is 8.34. The number of fused-ring (bicyclic) bond motifs is 2. The van der Waals surface area contributed by atoms with Gasteiger partial charge in [-0.2, -0.15) is 0 Å². The van der Waals surface area contributed by atoms with Gasteiger partial charge in [-0.25, -0.2) is 0 Å². The number of hydrogen-bond acceptors (Lipinski definition) is 4. The molecular formula is C22H16N2S2. The van der Waals surface area contributed by atoms with Crippen LogP contribution in [-0.2, 0) is 0 Å². The zero-order valence-electron chi connectivity index (χ0n) is 13.9. The lowest BCUT2D eigenvalue weighted by molar-refractivity contribution is 1.66. The summed E-state index contributed by atoms with van der Waals surface area (Å²) in [5.41, 5.74) is 16.5. The summed E-state index contributed by atoms with van der Waals surface area (Å²) in [7, 11) is 0. The van der Waals surface area contributed by atoms with Crippen molar-refractivity contribution in [2.24, 2.45) is 0 Å². The summed E-state index contributed by atoms with van der Waals surface area (Å²) in [5.74, 6) is 0. The van der Waals surface area contributed by atoms with Crippen LogP contribution in [0, 0.1) is 0 Å². The normalized spacial score (nSPS) is 11.4. The van der Waals surface area contributed by atoms with Gasteiger partial charge in [0.25, 0.3) is 0 Å². The molecule has 0 amide bonds. The van der Waals surface area contributed by atoms with Crippen molar-refractivity contribution in [3.63, 3.8) is 0 Å². The van der Waals surface area contributed by atoms with Crippen molar-refractivity contribution in [1.82, 2.24) is 0 Å². The first-order valence-corrected chi connectivity index (χ1v) is 10.1. The molecule has 4 N–H and O–H groups in total. The van der Waals surface area contributed by atoms with Crippen LogP contribution in [0.1, 0.15) is 0 Å². The molecule has 0 atom stereocenters. The molecule has 5 rings (SSSR count). The van der Waals surface area contributed by atoms with Crippen LogP contribution in [0.5, 0.6) is 0 Å². The van der Waals surface area contributed by atoms with Gasteiger partial charge in [-0.3, -0.25) is 0 Å². The monoisotopic (exact) mass is 372 g/mol. The highest BCUT2D eigenvalue weighted by Gasteiger charge is 2.15. The van der Waals surface area contributed by atoms with Crippen LogP contribution in [0.15, 0.2) is 71.4 Å². The number of rotatable bonds is 2. The molecular weight excluding hydrogens is 356 g/mol. The van der Waals surface area contributed by atoms with Crippen molar-refractivity contribution < 1.29 is 0 Å². The number of benzene rings is 3. The minimum Gasteiger partial charge on any atom is -0.398 e. The quantitative estimate of drug-likeness (QED) is 0.342. The topological polar surface area (TPSA) is 52.0 Å². The molecule has 0 aliphatic carbocycles. The molecule has 26 heavy (non-hydrogen) atoms. The smallest absolute Gasteiger partial charge is 0.0442 e. The summed E-state index contributed by atoms with van der Waals surface area (Å²) in [5, 5.41) is 9.25. The number of anilines is 2. The van der Waals surface area contributed by atoms with Gasteiger partial charge >= 0.3 is 0 Å². The maximum Gasteiger partial charge on any atom is 0.0442 e.